The van der Waals surface area contributed by atoms with Gasteiger partial charge >= 0.3 is 0 Å². The lowest BCUT2D eigenvalue weighted by atomic mass is 10.3. The summed E-state index contributed by atoms with van der Waals surface area (Å²) in [6.45, 7) is 3.93. The maximum Gasteiger partial charge on any atom is 0.234 e. The van der Waals surface area contributed by atoms with Crippen molar-refractivity contribution >= 4 is 15.7 Å². The fraction of sp³-hybridized carbons (Fsp3) is 0.400. The van der Waals surface area contributed by atoms with Crippen molar-refractivity contribution in [2.24, 2.45) is 0 Å². The molecule has 0 amide bonds. The van der Waals surface area contributed by atoms with Crippen LogP contribution in [0.2, 0.25) is 0 Å². The molecule has 0 saturated heterocycles. The summed E-state index contributed by atoms with van der Waals surface area (Å²) in [6, 6.07) is 9.78. The normalized spacial score (nSPS) is 11.3. The molecule has 0 aliphatic rings. The van der Waals surface area contributed by atoms with Gasteiger partial charge in [0.1, 0.15) is 0 Å². The first-order valence-corrected chi connectivity index (χ1v) is 6.19. The van der Waals surface area contributed by atoms with Crippen LogP contribution in [0.1, 0.15) is 13.8 Å². The second-order valence-electron chi connectivity index (χ2n) is 2.82. The number of rotatable bonds is 4. The molecule has 1 rings (SSSR count). The maximum absolute atomic E-state index is 11.6. The van der Waals surface area contributed by atoms with E-state index in [9.17, 15) is 8.42 Å². The predicted molar refractivity (Wildman–Crippen MR) is 57.8 cm³/mol. The summed E-state index contributed by atoms with van der Waals surface area (Å²) in [5.41, 5.74) is 0.702. The van der Waals surface area contributed by atoms with Gasteiger partial charge in [0.2, 0.25) is 10.0 Å². The third-order valence-electron chi connectivity index (χ3n) is 1.98. The summed E-state index contributed by atoms with van der Waals surface area (Å²) in [7, 11) is -3.14. The highest BCUT2D eigenvalue weighted by atomic mass is 32.2. The quantitative estimate of drug-likeness (QED) is 0.761. The van der Waals surface area contributed by atoms with Gasteiger partial charge in [-0.3, -0.25) is 4.31 Å². The van der Waals surface area contributed by atoms with Gasteiger partial charge in [-0.15, -0.1) is 0 Å². The first-order valence-electron chi connectivity index (χ1n) is 4.58. The van der Waals surface area contributed by atoms with Crippen molar-refractivity contribution in [1.29, 1.82) is 0 Å². The smallest absolute Gasteiger partial charge is 0.234 e. The molecule has 0 heterocycles. The zero-order chi connectivity index (χ0) is 10.6. The van der Waals surface area contributed by atoms with Crippen LogP contribution in [0.3, 0.4) is 0 Å². The zero-order valence-corrected chi connectivity index (χ0v) is 9.21. The molecule has 0 fully saturated rings. The second-order valence-corrected chi connectivity index (χ2v) is 5.01. The molecule has 0 unspecified atom stereocenters. The first kappa shape index (κ1) is 11.0. The van der Waals surface area contributed by atoms with Gasteiger partial charge in [0.25, 0.3) is 0 Å². The Morgan fingerprint density at radius 2 is 1.86 bits per heavy atom. The van der Waals surface area contributed by atoms with Crippen molar-refractivity contribution in [3.05, 3.63) is 30.3 Å². The number of nitrogens with zero attached hydrogens (tertiary/aromatic N) is 1. The number of sulfonamides is 1. The maximum atomic E-state index is 11.6. The number of anilines is 1. The topological polar surface area (TPSA) is 37.4 Å². The van der Waals surface area contributed by atoms with E-state index < -0.39 is 10.0 Å². The van der Waals surface area contributed by atoms with Crippen LogP contribution < -0.4 is 4.31 Å². The van der Waals surface area contributed by atoms with E-state index in [-0.39, 0.29) is 5.75 Å². The Kier molecular flexibility index (Phi) is 3.52. The Morgan fingerprint density at radius 3 is 2.29 bits per heavy atom. The van der Waals surface area contributed by atoms with Gasteiger partial charge in [0.15, 0.2) is 0 Å². The second kappa shape index (κ2) is 4.46. The molecule has 3 nitrogen and oxygen atoms in total. The Hall–Kier alpha value is -1.03. The van der Waals surface area contributed by atoms with E-state index in [4.69, 9.17) is 0 Å². The van der Waals surface area contributed by atoms with Crippen LogP contribution in [-0.4, -0.2) is 20.7 Å². The fourth-order valence-corrected chi connectivity index (χ4v) is 2.39. The summed E-state index contributed by atoms with van der Waals surface area (Å²) in [5.74, 6) is 0.124. The Morgan fingerprint density at radius 1 is 1.29 bits per heavy atom. The minimum Gasteiger partial charge on any atom is -0.271 e. The van der Waals surface area contributed by atoms with E-state index in [1.807, 2.05) is 6.92 Å². The first-order chi connectivity index (χ1) is 6.61. The lowest BCUT2D eigenvalue weighted by Gasteiger charge is -2.21. The minimum atomic E-state index is -3.14. The van der Waals surface area contributed by atoms with Gasteiger partial charge in [0.05, 0.1) is 11.4 Å². The van der Waals surface area contributed by atoms with Gasteiger partial charge < -0.3 is 0 Å². The Bertz CT molecular complexity index is 372. The number of hydrogen-bond acceptors (Lipinski definition) is 2. The highest BCUT2D eigenvalue weighted by Crippen LogP contribution is 2.16. The van der Waals surface area contributed by atoms with Crippen molar-refractivity contribution in [1.82, 2.24) is 0 Å². The molecule has 14 heavy (non-hydrogen) atoms. The molecule has 1 radical (unpaired) electrons. The largest absolute Gasteiger partial charge is 0.271 e. The van der Waals surface area contributed by atoms with Crippen molar-refractivity contribution < 1.29 is 8.42 Å². The molecule has 4 heteroatoms. The van der Waals surface area contributed by atoms with E-state index in [1.54, 1.807) is 31.2 Å². The molecule has 1 aromatic carbocycles. The van der Waals surface area contributed by atoms with E-state index >= 15 is 0 Å². The molecule has 0 saturated carbocycles. The summed E-state index contributed by atoms with van der Waals surface area (Å²) >= 11 is 0. The van der Waals surface area contributed by atoms with Crippen molar-refractivity contribution in [3.8, 4) is 0 Å². The minimum absolute atomic E-state index is 0.124. The molecule has 0 aliphatic carbocycles. The highest BCUT2D eigenvalue weighted by Gasteiger charge is 2.17. The predicted octanol–water partition coefficient (Wildman–Crippen LogP) is 1.66. The van der Waals surface area contributed by atoms with Crippen LogP contribution in [0.4, 0.5) is 5.69 Å². The Labute approximate surface area is 85.4 Å². The molecular formula is C10H14NO2S. The SMILES string of the molecule is CCN(c1cc[c]cc1)S(=O)(=O)CC. The molecule has 0 atom stereocenters. The summed E-state index contributed by atoms with van der Waals surface area (Å²) in [6.07, 6.45) is 0. The molecule has 0 spiro atoms. The lowest BCUT2D eigenvalue weighted by molar-refractivity contribution is 0.593. The van der Waals surface area contributed by atoms with Crippen LogP contribution in [-0.2, 0) is 10.0 Å². The van der Waals surface area contributed by atoms with Gasteiger partial charge in [0, 0.05) is 6.54 Å². The zero-order valence-electron chi connectivity index (χ0n) is 8.40. The highest BCUT2D eigenvalue weighted by molar-refractivity contribution is 7.92. The molecule has 0 N–H and O–H groups in total. The molecular weight excluding hydrogens is 198 g/mol. The van der Waals surface area contributed by atoms with Crippen LogP contribution in [0.5, 0.6) is 0 Å². The van der Waals surface area contributed by atoms with Crippen molar-refractivity contribution in [2.45, 2.75) is 13.8 Å². The third-order valence-corrected chi connectivity index (χ3v) is 3.85. The third kappa shape index (κ3) is 2.26. The van der Waals surface area contributed by atoms with E-state index in [1.165, 1.54) is 4.31 Å². The van der Waals surface area contributed by atoms with Gasteiger partial charge in [-0.1, -0.05) is 12.1 Å². The molecule has 0 bridgehead atoms. The van der Waals surface area contributed by atoms with Crippen molar-refractivity contribution in [3.63, 3.8) is 0 Å². The monoisotopic (exact) mass is 212 g/mol. The van der Waals surface area contributed by atoms with Gasteiger partial charge in [-0.25, -0.2) is 8.42 Å². The molecule has 1 aromatic rings. The van der Waals surface area contributed by atoms with E-state index in [0.29, 0.717) is 12.2 Å². The molecule has 0 aliphatic heterocycles. The van der Waals surface area contributed by atoms with Crippen molar-refractivity contribution in [2.75, 3.05) is 16.6 Å². The lowest BCUT2D eigenvalue weighted by Crippen LogP contribution is -2.31. The van der Waals surface area contributed by atoms with E-state index in [2.05, 4.69) is 6.07 Å². The number of benzene rings is 1. The summed E-state index contributed by atoms with van der Waals surface area (Å²) < 4.78 is 24.7. The molecule has 0 aromatic heterocycles. The summed E-state index contributed by atoms with van der Waals surface area (Å²) in [4.78, 5) is 0. The van der Waals surface area contributed by atoms with Crippen LogP contribution >= 0.6 is 0 Å². The van der Waals surface area contributed by atoms with Gasteiger partial charge in [-0.05, 0) is 32.0 Å². The number of hydrogen-bond donors (Lipinski definition) is 0. The Balaban J connectivity index is 3.06. The van der Waals surface area contributed by atoms with Crippen LogP contribution in [0.15, 0.2) is 24.3 Å². The van der Waals surface area contributed by atoms with E-state index in [0.717, 1.165) is 0 Å². The fourth-order valence-electron chi connectivity index (χ4n) is 1.24. The average molecular weight is 212 g/mol. The van der Waals surface area contributed by atoms with Crippen LogP contribution in [0, 0.1) is 6.07 Å². The van der Waals surface area contributed by atoms with Crippen LogP contribution in [0.25, 0.3) is 0 Å². The summed E-state index contributed by atoms with van der Waals surface area (Å²) in [5, 5.41) is 0. The standard InChI is InChI=1S/C10H14NO2S/c1-3-11(14(12,13)4-2)10-8-6-5-7-9-10/h6-9H,3-4H2,1-2H3. The molecule has 77 valence electrons. The average Bonchev–Trinajstić information content (AvgIpc) is 2.20. The van der Waals surface area contributed by atoms with Gasteiger partial charge in [-0.2, -0.15) is 0 Å².